The average Bonchev–Trinajstić information content (AvgIpc) is 3.58. The van der Waals surface area contributed by atoms with Gasteiger partial charge in [-0.05, 0) is 0 Å². The molecule has 8 nitrogen and oxygen atoms in total. The molecular formula is C26H30AsN4O4. The van der Waals surface area contributed by atoms with Gasteiger partial charge < -0.3 is 0 Å². The van der Waals surface area contributed by atoms with Gasteiger partial charge in [-0.1, -0.05) is 0 Å². The third-order valence-corrected chi connectivity index (χ3v) is 9.68. The molecule has 2 heterocycles. The van der Waals surface area contributed by atoms with E-state index < -0.39 is 21.8 Å². The van der Waals surface area contributed by atoms with Crippen LogP contribution in [-0.4, -0.2) is 59.1 Å². The second-order valence-electron chi connectivity index (χ2n) is 9.71. The van der Waals surface area contributed by atoms with Crippen LogP contribution in [0.2, 0.25) is 4.71 Å². The fourth-order valence-electron chi connectivity index (χ4n) is 4.79. The number of aryl methyl sites for hydroxylation is 2. The van der Waals surface area contributed by atoms with Gasteiger partial charge in [-0.2, -0.15) is 0 Å². The van der Waals surface area contributed by atoms with Crippen molar-refractivity contribution in [1.82, 2.24) is 20.3 Å². The summed E-state index contributed by atoms with van der Waals surface area (Å²) in [5.41, 5.74) is 5.70. The number of carbonyl (C=O) groups is 2. The molecule has 0 saturated heterocycles. The number of ether oxygens (including phenoxy) is 1. The van der Waals surface area contributed by atoms with Crippen LogP contribution in [0.4, 0.5) is 4.79 Å². The standard InChI is InChI=1S/C26H30AsN4O4/c1-14-3-10-20(35-12-16-4-5-16)19(11-14)22-24-23(29-13-28-22)21(15(2)30-24)25(32)27-17-6-8-18(9-7-17)31-26(33)34/h3,10-11,13,16-18,30-31H,4-9,12H2,1-2H3,(H,33,34). The minimum atomic E-state index is -0.975. The molecular weight excluding hydrogens is 507 g/mol. The molecule has 0 aliphatic heterocycles. The Hall–Kier alpha value is -2.86. The van der Waals surface area contributed by atoms with Crippen molar-refractivity contribution in [3.8, 4) is 17.0 Å². The van der Waals surface area contributed by atoms with Gasteiger partial charge in [-0.3, -0.25) is 0 Å². The molecule has 0 spiro atoms. The number of benzene rings is 1. The monoisotopic (exact) mass is 537 g/mol. The van der Waals surface area contributed by atoms with E-state index >= 15 is 0 Å². The van der Waals surface area contributed by atoms with Gasteiger partial charge in [-0.25, -0.2) is 0 Å². The molecule has 9 heteroatoms. The zero-order valence-corrected chi connectivity index (χ0v) is 21.9. The van der Waals surface area contributed by atoms with Crippen molar-refractivity contribution in [2.24, 2.45) is 5.92 Å². The second kappa shape index (κ2) is 10.0. The van der Waals surface area contributed by atoms with Gasteiger partial charge in [0.1, 0.15) is 0 Å². The quantitative estimate of drug-likeness (QED) is 0.353. The predicted molar refractivity (Wildman–Crippen MR) is 134 cm³/mol. The number of aromatic amines is 1. The Morgan fingerprint density at radius 3 is 2.63 bits per heavy atom. The number of rotatable bonds is 8. The molecule has 0 bridgehead atoms. The van der Waals surface area contributed by atoms with E-state index in [1.54, 1.807) is 0 Å². The van der Waals surface area contributed by atoms with Gasteiger partial charge in [0.2, 0.25) is 0 Å². The Morgan fingerprint density at radius 1 is 1.14 bits per heavy atom. The maximum atomic E-state index is 13.4. The Labute approximate surface area is 211 Å². The van der Waals surface area contributed by atoms with Crippen molar-refractivity contribution in [1.29, 1.82) is 0 Å². The molecule has 2 saturated carbocycles. The average molecular weight is 537 g/mol. The molecule has 2 aromatic heterocycles. The van der Waals surface area contributed by atoms with Crippen LogP contribution in [0, 0.1) is 19.8 Å². The predicted octanol–water partition coefficient (Wildman–Crippen LogP) is 4.87. The van der Waals surface area contributed by atoms with Crippen LogP contribution >= 0.6 is 0 Å². The first kappa shape index (κ1) is 23.9. The Morgan fingerprint density at radius 2 is 1.91 bits per heavy atom. The molecule has 0 atom stereocenters. The Balaban J connectivity index is 1.40. The summed E-state index contributed by atoms with van der Waals surface area (Å²) in [6.07, 6.45) is 6.34. The van der Waals surface area contributed by atoms with Crippen molar-refractivity contribution in [2.45, 2.75) is 63.1 Å². The van der Waals surface area contributed by atoms with Crippen LogP contribution in [0.5, 0.6) is 5.75 Å². The molecule has 3 N–H and O–H groups in total. The first-order valence-electron chi connectivity index (χ1n) is 12.2. The van der Waals surface area contributed by atoms with Gasteiger partial charge in [0.25, 0.3) is 0 Å². The summed E-state index contributed by atoms with van der Waals surface area (Å²) in [4.78, 5) is 36.9. The van der Waals surface area contributed by atoms with E-state index in [9.17, 15) is 9.59 Å². The fourth-order valence-corrected chi connectivity index (χ4v) is 7.50. The summed E-state index contributed by atoms with van der Waals surface area (Å²) < 4.78 is 6.67. The van der Waals surface area contributed by atoms with Gasteiger partial charge in [0.15, 0.2) is 0 Å². The molecule has 2 aliphatic carbocycles. The Bertz CT molecular complexity index is 1260. The summed E-state index contributed by atoms with van der Waals surface area (Å²) in [6, 6.07) is 6.12. The van der Waals surface area contributed by atoms with Crippen LogP contribution < -0.4 is 10.1 Å². The number of aromatic nitrogens is 3. The number of nitrogens with one attached hydrogen (secondary N) is 2. The zero-order chi connectivity index (χ0) is 24.5. The topological polar surface area (TPSA) is 117 Å². The summed E-state index contributed by atoms with van der Waals surface area (Å²) in [6.45, 7) is 4.69. The van der Waals surface area contributed by atoms with Crippen LogP contribution in [-0.2, 0) is 0 Å². The number of carboxylic acid groups (broad SMARTS) is 1. The summed E-state index contributed by atoms with van der Waals surface area (Å²) in [5, 5.41) is 11.5. The van der Waals surface area contributed by atoms with Gasteiger partial charge in [-0.15, -0.1) is 0 Å². The van der Waals surface area contributed by atoms with E-state index in [4.69, 9.17) is 9.84 Å². The summed E-state index contributed by atoms with van der Waals surface area (Å²) >= 11 is -0.571. The molecule has 183 valence electrons. The maximum absolute atomic E-state index is 13.4. The molecule has 5 rings (SSSR count). The number of carbonyl (C=O) groups excluding carboxylic acids is 1. The number of amides is 1. The van der Waals surface area contributed by atoms with Crippen molar-refractivity contribution in [3.63, 3.8) is 0 Å². The molecule has 2 fully saturated rings. The number of hydrogen-bond acceptors (Lipinski definition) is 5. The molecule has 1 aromatic carbocycles. The number of H-pyrrole nitrogens is 1. The first-order chi connectivity index (χ1) is 16.9. The second-order valence-corrected chi connectivity index (χ2v) is 12.6. The van der Waals surface area contributed by atoms with E-state index in [0.29, 0.717) is 28.3 Å². The number of hydrogen-bond donors (Lipinski definition) is 3. The van der Waals surface area contributed by atoms with E-state index in [1.807, 2.05) is 26.0 Å². The number of fused-ring (bicyclic) bond motifs is 1. The van der Waals surface area contributed by atoms with Gasteiger partial charge in [0.05, 0.1) is 0 Å². The third kappa shape index (κ3) is 5.37. The minimum absolute atomic E-state index is 0.00386. The fraction of sp³-hybridized carbons (Fsp3) is 0.462. The normalized spacial score (nSPS) is 20.4. The summed E-state index contributed by atoms with van der Waals surface area (Å²) in [7, 11) is 0. The summed E-state index contributed by atoms with van der Waals surface area (Å²) in [5.74, 6) is 1.45. The van der Waals surface area contributed by atoms with Gasteiger partial charge in [0, 0.05) is 0 Å². The molecule has 1 amide bonds. The van der Waals surface area contributed by atoms with Crippen molar-refractivity contribution < 1.29 is 19.4 Å². The first-order valence-corrected chi connectivity index (χ1v) is 14.2. The van der Waals surface area contributed by atoms with E-state index in [2.05, 4.69) is 26.3 Å². The van der Waals surface area contributed by atoms with E-state index in [0.717, 1.165) is 59.5 Å². The van der Waals surface area contributed by atoms with Crippen LogP contribution in [0.15, 0.2) is 24.5 Å². The van der Waals surface area contributed by atoms with Crippen LogP contribution in [0.1, 0.15) is 60.1 Å². The molecule has 3 aromatic rings. The molecule has 0 unspecified atom stereocenters. The molecule has 2 aliphatic rings. The molecule has 1 radical (unpaired) electrons. The van der Waals surface area contributed by atoms with Crippen molar-refractivity contribution >= 4 is 37.4 Å². The molecule has 35 heavy (non-hydrogen) atoms. The van der Waals surface area contributed by atoms with E-state index in [-0.39, 0.29) is 10.6 Å². The van der Waals surface area contributed by atoms with Crippen molar-refractivity contribution in [2.75, 3.05) is 6.61 Å². The van der Waals surface area contributed by atoms with Crippen LogP contribution in [0.25, 0.3) is 22.3 Å². The van der Waals surface area contributed by atoms with Crippen molar-refractivity contribution in [3.05, 3.63) is 41.3 Å². The third-order valence-electron chi connectivity index (χ3n) is 6.87. The zero-order valence-electron chi connectivity index (χ0n) is 20.0. The number of nitrogens with zero attached hydrogens (tertiary/aromatic N) is 2. The SMILES string of the molecule is Cc1ccc(OCC2CC2)c(-c2ncnc3c(C(=O)[As]C4CCC(NC(=O)O)CC4)c(C)[nH]c23)c1. The van der Waals surface area contributed by atoms with Gasteiger partial charge >= 0.3 is 211 Å². The van der Waals surface area contributed by atoms with E-state index in [1.165, 1.54) is 19.2 Å². The van der Waals surface area contributed by atoms with Crippen LogP contribution in [0.3, 0.4) is 0 Å². The Kier molecular flexibility index (Phi) is 6.83.